The predicted molar refractivity (Wildman–Crippen MR) is 82.8 cm³/mol. The van der Waals surface area contributed by atoms with E-state index in [9.17, 15) is 9.90 Å². The summed E-state index contributed by atoms with van der Waals surface area (Å²) in [5.74, 6) is -0.658. The van der Waals surface area contributed by atoms with Gasteiger partial charge in [-0.05, 0) is 42.0 Å². The maximum absolute atomic E-state index is 11.4. The van der Waals surface area contributed by atoms with E-state index in [1.807, 2.05) is 36.4 Å². The van der Waals surface area contributed by atoms with Crippen LogP contribution in [0.1, 0.15) is 6.92 Å². The summed E-state index contributed by atoms with van der Waals surface area (Å²) in [6.07, 6.45) is 0. The van der Waals surface area contributed by atoms with E-state index >= 15 is 0 Å². The Morgan fingerprint density at radius 1 is 1.30 bits per heavy atom. The van der Waals surface area contributed by atoms with Crippen LogP contribution in [-0.2, 0) is 9.53 Å². The second-order valence-corrected chi connectivity index (χ2v) is 5.74. The number of esters is 1. The quantitative estimate of drug-likeness (QED) is 0.842. The number of aliphatic hydroxyl groups is 1. The van der Waals surface area contributed by atoms with Crippen molar-refractivity contribution in [2.75, 3.05) is 19.0 Å². The number of anilines is 1. The number of carbonyl (C=O) groups excluding carboxylic acids is 1. The van der Waals surface area contributed by atoms with Crippen LogP contribution >= 0.6 is 15.9 Å². The lowest BCUT2D eigenvalue weighted by Gasteiger charge is -2.21. The lowest BCUT2D eigenvalue weighted by molar-refractivity contribution is -0.158. The molecule has 5 heteroatoms. The summed E-state index contributed by atoms with van der Waals surface area (Å²) in [4.78, 5) is 11.4. The molecular formula is C15H16BrNO3. The average Bonchev–Trinajstić information content (AvgIpc) is 2.44. The Hall–Kier alpha value is -1.59. The number of fused-ring (bicyclic) bond motifs is 1. The molecule has 0 heterocycles. The fourth-order valence-corrected chi connectivity index (χ4v) is 2.27. The molecule has 1 atom stereocenters. The first-order valence-corrected chi connectivity index (χ1v) is 6.96. The summed E-state index contributed by atoms with van der Waals surface area (Å²) in [5.41, 5.74) is -0.715. The first-order valence-electron chi connectivity index (χ1n) is 6.16. The van der Waals surface area contributed by atoms with Crippen molar-refractivity contribution in [2.45, 2.75) is 12.5 Å². The van der Waals surface area contributed by atoms with E-state index < -0.39 is 11.6 Å². The van der Waals surface area contributed by atoms with Crippen LogP contribution in [0.15, 0.2) is 40.9 Å². The van der Waals surface area contributed by atoms with Crippen molar-refractivity contribution in [1.29, 1.82) is 0 Å². The molecule has 0 radical (unpaired) electrons. The van der Waals surface area contributed by atoms with Gasteiger partial charge in [0.05, 0.1) is 13.7 Å². The minimum atomic E-state index is -1.55. The average molecular weight is 338 g/mol. The molecule has 0 bridgehead atoms. The van der Waals surface area contributed by atoms with Crippen LogP contribution in [0.25, 0.3) is 10.8 Å². The van der Waals surface area contributed by atoms with Gasteiger partial charge in [0.2, 0.25) is 0 Å². The smallest absolute Gasteiger partial charge is 0.339 e. The molecule has 0 amide bonds. The van der Waals surface area contributed by atoms with E-state index in [0.717, 1.165) is 20.9 Å². The molecule has 2 aromatic rings. The molecule has 20 heavy (non-hydrogen) atoms. The van der Waals surface area contributed by atoms with Gasteiger partial charge in [0.15, 0.2) is 5.60 Å². The van der Waals surface area contributed by atoms with Crippen LogP contribution in [0.4, 0.5) is 5.69 Å². The Balaban J connectivity index is 2.14. The van der Waals surface area contributed by atoms with Crippen molar-refractivity contribution in [1.82, 2.24) is 0 Å². The molecule has 106 valence electrons. The minimum absolute atomic E-state index is 0.0850. The Morgan fingerprint density at radius 3 is 2.65 bits per heavy atom. The highest BCUT2D eigenvalue weighted by molar-refractivity contribution is 9.10. The van der Waals surface area contributed by atoms with Gasteiger partial charge in [-0.1, -0.05) is 28.1 Å². The van der Waals surface area contributed by atoms with Crippen LogP contribution in [-0.4, -0.2) is 30.3 Å². The predicted octanol–water partition coefficient (Wildman–Crippen LogP) is 2.94. The number of halogens is 1. The lowest BCUT2D eigenvalue weighted by Crippen LogP contribution is -2.42. The van der Waals surface area contributed by atoms with Gasteiger partial charge in [0.1, 0.15) is 0 Å². The Bertz CT molecular complexity index is 640. The summed E-state index contributed by atoms with van der Waals surface area (Å²) >= 11 is 3.43. The monoisotopic (exact) mass is 337 g/mol. The van der Waals surface area contributed by atoms with Crippen molar-refractivity contribution in [3.63, 3.8) is 0 Å². The maximum atomic E-state index is 11.4. The van der Waals surface area contributed by atoms with Gasteiger partial charge in [-0.25, -0.2) is 4.79 Å². The highest BCUT2D eigenvalue weighted by Gasteiger charge is 2.31. The number of hydrogen-bond acceptors (Lipinski definition) is 4. The van der Waals surface area contributed by atoms with E-state index in [0.29, 0.717) is 0 Å². The molecule has 0 aliphatic carbocycles. The summed E-state index contributed by atoms with van der Waals surface area (Å²) in [6.45, 7) is 1.51. The zero-order chi connectivity index (χ0) is 14.8. The van der Waals surface area contributed by atoms with E-state index in [2.05, 4.69) is 26.0 Å². The lowest BCUT2D eigenvalue weighted by atomic mass is 10.1. The van der Waals surface area contributed by atoms with Gasteiger partial charge in [0, 0.05) is 10.2 Å². The van der Waals surface area contributed by atoms with Crippen molar-refractivity contribution in [3.8, 4) is 0 Å². The van der Waals surface area contributed by atoms with Gasteiger partial charge >= 0.3 is 5.97 Å². The van der Waals surface area contributed by atoms with Crippen molar-refractivity contribution in [2.24, 2.45) is 0 Å². The third-order valence-corrected chi connectivity index (χ3v) is 3.56. The van der Waals surface area contributed by atoms with E-state index in [4.69, 9.17) is 0 Å². The number of rotatable bonds is 4. The molecule has 2 rings (SSSR count). The van der Waals surface area contributed by atoms with Crippen LogP contribution in [0.3, 0.4) is 0 Å². The second kappa shape index (κ2) is 5.81. The van der Waals surface area contributed by atoms with Crippen molar-refractivity contribution >= 4 is 38.4 Å². The largest absolute Gasteiger partial charge is 0.467 e. The zero-order valence-electron chi connectivity index (χ0n) is 11.3. The molecule has 2 aromatic carbocycles. The van der Waals surface area contributed by atoms with Gasteiger partial charge in [-0.2, -0.15) is 0 Å². The van der Waals surface area contributed by atoms with Gasteiger partial charge in [0.25, 0.3) is 0 Å². The third kappa shape index (κ3) is 3.29. The van der Waals surface area contributed by atoms with Crippen LogP contribution in [0.5, 0.6) is 0 Å². The SMILES string of the molecule is COC(=O)C(C)(O)CNc1ccc2cc(Br)ccc2c1. The Labute approximate surface area is 125 Å². The third-order valence-electron chi connectivity index (χ3n) is 3.06. The number of hydrogen-bond donors (Lipinski definition) is 2. The standard InChI is InChI=1S/C15H16BrNO3/c1-15(19,14(18)20-2)9-17-13-6-4-10-7-12(16)5-3-11(10)8-13/h3-8,17,19H,9H2,1-2H3. The second-order valence-electron chi connectivity index (χ2n) is 4.83. The van der Waals surface area contributed by atoms with Crippen molar-refractivity contribution in [3.05, 3.63) is 40.9 Å². The zero-order valence-corrected chi connectivity index (χ0v) is 12.9. The van der Waals surface area contributed by atoms with E-state index in [1.54, 1.807) is 0 Å². The molecule has 0 aliphatic heterocycles. The highest BCUT2D eigenvalue weighted by Crippen LogP contribution is 2.23. The summed E-state index contributed by atoms with van der Waals surface area (Å²) < 4.78 is 5.58. The first kappa shape index (κ1) is 14.8. The Kier molecular flexibility index (Phi) is 4.30. The van der Waals surface area contributed by atoms with Crippen LogP contribution < -0.4 is 5.32 Å². The number of nitrogens with one attached hydrogen (secondary N) is 1. The molecule has 0 fully saturated rings. The van der Waals surface area contributed by atoms with Gasteiger partial charge in [-0.15, -0.1) is 0 Å². The topological polar surface area (TPSA) is 58.6 Å². The molecule has 0 saturated carbocycles. The fraction of sp³-hybridized carbons (Fsp3) is 0.267. The minimum Gasteiger partial charge on any atom is -0.467 e. The Morgan fingerprint density at radius 2 is 1.95 bits per heavy atom. The van der Waals surface area contributed by atoms with Crippen LogP contribution in [0.2, 0.25) is 0 Å². The molecule has 4 nitrogen and oxygen atoms in total. The fourth-order valence-electron chi connectivity index (χ4n) is 1.89. The van der Waals surface area contributed by atoms with Crippen molar-refractivity contribution < 1.29 is 14.6 Å². The van der Waals surface area contributed by atoms with Gasteiger partial charge < -0.3 is 15.2 Å². The normalized spacial score (nSPS) is 13.8. The van der Waals surface area contributed by atoms with Crippen LogP contribution in [0, 0.1) is 0 Å². The first-order chi connectivity index (χ1) is 9.42. The number of carbonyl (C=O) groups is 1. The highest BCUT2D eigenvalue weighted by atomic mass is 79.9. The molecular weight excluding hydrogens is 322 g/mol. The molecule has 0 aliphatic rings. The molecule has 0 spiro atoms. The summed E-state index contributed by atoms with van der Waals surface area (Å²) in [5, 5.41) is 15.2. The molecule has 0 aromatic heterocycles. The van der Waals surface area contributed by atoms with E-state index in [1.165, 1.54) is 14.0 Å². The number of ether oxygens (including phenoxy) is 1. The van der Waals surface area contributed by atoms with E-state index in [-0.39, 0.29) is 6.54 Å². The summed E-state index contributed by atoms with van der Waals surface area (Å²) in [7, 11) is 1.25. The number of benzene rings is 2. The summed E-state index contributed by atoms with van der Waals surface area (Å²) in [6, 6.07) is 11.9. The number of methoxy groups -OCH3 is 1. The maximum Gasteiger partial charge on any atom is 0.339 e. The molecule has 2 N–H and O–H groups in total. The molecule has 1 unspecified atom stereocenters. The molecule has 0 saturated heterocycles. The van der Waals surface area contributed by atoms with Gasteiger partial charge in [-0.3, -0.25) is 0 Å².